The Morgan fingerprint density at radius 1 is 0.843 bits per heavy atom. The first-order valence-corrected chi connectivity index (χ1v) is 18.9. The zero-order valence-electron chi connectivity index (χ0n) is 28.9. The quantitative estimate of drug-likeness (QED) is 0.143. The van der Waals surface area contributed by atoms with Gasteiger partial charge < -0.3 is 19.5 Å². The smallest absolute Gasteiger partial charge is 0.337 e. The Hall–Kier alpha value is -4.83. The second-order valence-corrected chi connectivity index (χ2v) is 16.9. The van der Waals surface area contributed by atoms with Crippen LogP contribution in [0.2, 0.25) is 0 Å². The molecule has 0 amide bonds. The first kappa shape index (κ1) is 36.0. The number of fused-ring (bicyclic) bond motifs is 4. The number of carbonyl (C=O) groups excluding carboxylic acids is 1. The zero-order chi connectivity index (χ0) is 37.6. The summed E-state index contributed by atoms with van der Waals surface area (Å²) in [6, 6.07) is 10.7. The first-order valence-electron chi connectivity index (χ1n) is 15.7. The van der Waals surface area contributed by atoms with Crippen molar-refractivity contribution in [2.45, 2.75) is 38.8 Å². The number of aromatic carboxylic acids is 1. The van der Waals surface area contributed by atoms with Crippen molar-refractivity contribution >= 4 is 54.6 Å². The third kappa shape index (κ3) is 6.46. The van der Waals surface area contributed by atoms with Gasteiger partial charge in [-0.3, -0.25) is 9.11 Å². The number of anilines is 1. The monoisotopic (exact) mass is 737 g/mol. The van der Waals surface area contributed by atoms with Gasteiger partial charge in [0.15, 0.2) is 5.54 Å². The molecule has 0 radical (unpaired) electrons. The fourth-order valence-electron chi connectivity index (χ4n) is 6.96. The number of carbonyl (C=O) groups is 2. The number of hydrogen-bond donors (Lipinski definition) is 3. The molecule has 3 aliphatic heterocycles. The molecule has 0 spiro atoms. The number of carboxylic acids is 1. The normalized spacial score (nSPS) is 17.2. The van der Waals surface area contributed by atoms with Crippen LogP contribution in [-0.4, -0.2) is 86.8 Å². The molecule has 0 aliphatic carbocycles. The van der Waals surface area contributed by atoms with Crippen LogP contribution in [0.4, 0.5) is 5.69 Å². The van der Waals surface area contributed by atoms with Gasteiger partial charge in [0.25, 0.3) is 20.2 Å². The van der Waals surface area contributed by atoms with Crippen molar-refractivity contribution in [3.8, 4) is 11.5 Å². The number of methoxy groups -OCH3 is 1. The first-order chi connectivity index (χ1) is 23.5. The van der Waals surface area contributed by atoms with E-state index in [1.54, 1.807) is 36.4 Å². The lowest BCUT2D eigenvalue weighted by Gasteiger charge is -2.41. The molecular formula is C36H37N2O11S2+. The highest BCUT2D eigenvalue weighted by atomic mass is 32.2. The average molecular weight is 738 g/mol. The maximum absolute atomic E-state index is 12.8. The number of hydrogen-bond acceptors (Lipinski definition) is 9. The highest BCUT2D eigenvalue weighted by molar-refractivity contribution is 7.86. The van der Waals surface area contributed by atoms with Crippen molar-refractivity contribution in [3.63, 3.8) is 0 Å². The standard InChI is InChI=1S/C36H36N2O11S2/c1-35(2)15-20(17-50(42,43)44)23-11-26-30(13-28(23)37(35)5)49-31-14-29-24(21(18-51(45,46)47)16-36(3,4)38(29)6)12-27(31)32(26)25-10-19(34(41)48-7)8-9-22(25)33(39)40/h8-16H,17-18H2,1-7H3,(H2-,39,40,42,43,44,45,46,47)/p+1. The van der Waals surface area contributed by atoms with Gasteiger partial charge in [-0.15, -0.1) is 0 Å². The van der Waals surface area contributed by atoms with Gasteiger partial charge in [-0.25, -0.2) is 14.2 Å². The Morgan fingerprint density at radius 2 is 1.47 bits per heavy atom. The van der Waals surface area contributed by atoms with Crippen LogP contribution in [0.3, 0.4) is 0 Å². The molecule has 13 nitrogen and oxygen atoms in total. The molecule has 3 aromatic rings. The van der Waals surface area contributed by atoms with Crippen molar-refractivity contribution in [3.05, 3.63) is 98.6 Å². The second kappa shape index (κ2) is 11.9. The van der Waals surface area contributed by atoms with Gasteiger partial charge in [0.1, 0.15) is 30.1 Å². The Kier molecular flexibility index (Phi) is 8.37. The number of benzene rings is 3. The summed E-state index contributed by atoms with van der Waals surface area (Å²) in [7, 11) is -4.13. The molecule has 268 valence electrons. The van der Waals surface area contributed by atoms with Crippen molar-refractivity contribution in [1.29, 1.82) is 0 Å². The average Bonchev–Trinajstić information content (AvgIpc) is 3.01. The van der Waals surface area contributed by atoms with E-state index in [1.165, 1.54) is 25.3 Å². The molecule has 0 saturated carbocycles. The van der Waals surface area contributed by atoms with E-state index in [0.29, 0.717) is 44.1 Å². The van der Waals surface area contributed by atoms with Gasteiger partial charge in [-0.2, -0.15) is 16.8 Å². The van der Waals surface area contributed by atoms with Gasteiger partial charge >= 0.3 is 11.9 Å². The highest BCUT2D eigenvalue weighted by Gasteiger charge is 2.37. The Labute approximate surface area is 294 Å². The largest absolute Gasteiger partial charge is 0.478 e. The number of nitrogens with zero attached hydrogens (tertiary/aromatic N) is 2. The lowest BCUT2D eigenvalue weighted by atomic mass is 9.83. The lowest BCUT2D eigenvalue weighted by molar-refractivity contribution is 0.0598. The summed E-state index contributed by atoms with van der Waals surface area (Å²) in [6.45, 7) is 7.52. The second-order valence-electron chi connectivity index (χ2n) is 14.0. The molecular weight excluding hydrogens is 701 g/mol. The molecule has 3 aliphatic rings. The van der Waals surface area contributed by atoms with E-state index >= 15 is 0 Å². The zero-order valence-corrected chi connectivity index (χ0v) is 30.6. The minimum Gasteiger partial charge on any atom is -0.478 e. The predicted octanol–water partition coefficient (Wildman–Crippen LogP) is 3.21. The van der Waals surface area contributed by atoms with Gasteiger partial charge in [0.05, 0.1) is 35.4 Å². The molecule has 6 rings (SSSR count). The topological polar surface area (TPSA) is 188 Å². The minimum atomic E-state index is -4.49. The van der Waals surface area contributed by atoms with Crippen molar-refractivity contribution < 1.29 is 50.1 Å². The van der Waals surface area contributed by atoms with E-state index in [-0.39, 0.29) is 33.8 Å². The van der Waals surface area contributed by atoms with Crippen LogP contribution in [-0.2, 0) is 25.0 Å². The molecule has 51 heavy (non-hydrogen) atoms. The fourth-order valence-corrected chi connectivity index (χ4v) is 8.22. The number of esters is 1. The highest BCUT2D eigenvalue weighted by Crippen LogP contribution is 2.46. The van der Waals surface area contributed by atoms with E-state index in [1.807, 2.05) is 51.3 Å². The van der Waals surface area contributed by atoms with E-state index in [4.69, 9.17) is 9.47 Å². The Morgan fingerprint density at radius 3 is 2.06 bits per heavy atom. The summed E-state index contributed by atoms with van der Waals surface area (Å²) in [6.07, 6.45) is 3.46. The third-order valence-electron chi connectivity index (χ3n) is 9.77. The molecule has 0 saturated heterocycles. The molecule has 0 unspecified atom stereocenters. The van der Waals surface area contributed by atoms with Crippen molar-refractivity contribution in [2.75, 3.05) is 37.6 Å². The third-order valence-corrected chi connectivity index (χ3v) is 11.1. The van der Waals surface area contributed by atoms with E-state index in [9.17, 15) is 40.6 Å². The molecule has 15 heteroatoms. The molecule has 0 bridgehead atoms. The van der Waals surface area contributed by atoms with Crippen LogP contribution in [0.5, 0.6) is 11.5 Å². The summed E-state index contributed by atoms with van der Waals surface area (Å²) in [5.74, 6) is -2.83. The summed E-state index contributed by atoms with van der Waals surface area (Å²) >= 11 is 0. The van der Waals surface area contributed by atoms with E-state index in [0.717, 1.165) is 0 Å². The van der Waals surface area contributed by atoms with Crippen molar-refractivity contribution in [1.82, 2.24) is 4.58 Å². The maximum atomic E-state index is 12.8. The number of ether oxygens (including phenoxy) is 2. The summed E-state index contributed by atoms with van der Waals surface area (Å²) < 4.78 is 82.2. The van der Waals surface area contributed by atoms with Crippen LogP contribution in [0.1, 0.15) is 70.7 Å². The van der Waals surface area contributed by atoms with Crippen LogP contribution >= 0.6 is 0 Å². The SMILES string of the molecule is COC(=O)c1ccc(C(=O)O)c(C2=c3cc4c(cc3Oc3cc5c(cc32)C(CS(=O)(=O)O)=CC(C)(C)N5C)=[N+](C)C(C)(C)C=C4CS(=O)(=O)O)c1. The molecule has 3 aromatic carbocycles. The van der Waals surface area contributed by atoms with Crippen LogP contribution < -0.4 is 24.8 Å². The summed E-state index contributed by atoms with van der Waals surface area (Å²) in [5.41, 5.74) is 1.30. The maximum Gasteiger partial charge on any atom is 0.337 e. The molecule has 0 fully saturated rings. The van der Waals surface area contributed by atoms with Crippen LogP contribution in [0.25, 0.3) is 16.7 Å². The fraction of sp³-hybridized carbons (Fsp3) is 0.306. The van der Waals surface area contributed by atoms with E-state index in [2.05, 4.69) is 0 Å². The number of rotatable bonds is 7. The van der Waals surface area contributed by atoms with E-state index < -0.39 is 54.8 Å². The summed E-state index contributed by atoms with van der Waals surface area (Å²) in [5, 5.41) is 11.3. The Bertz CT molecular complexity index is 2510. The summed E-state index contributed by atoms with van der Waals surface area (Å²) in [4.78, 5) is 27.4. The minimum absolute atomic E-state index is 0.0531. The van der Waals surface area contributed by atoms with Gasteiger partial charge in [0, 0.05) is 54.6 Å². The number of likely N-dealkylation sites (N-methyl/N-ethyl adjacent to an activating group) is 2. The lowest BCUT2D eigenvalue weighted by Crippen LogP contribution is -2.47. The van der Waals surface area contributed by atoms with Crippen LogP contribution in [0.15, 0.2) is 54.6 Å². The molecule has 3 N–H and O–H groups in total. The van der Waals surface area contributed by atoms with Crippen LogP contribution in [0, 0.1) is 0 Å². The Balaban J connectivity index is 1.80. The molecule has 0 aromatic heterocycles. The van der Waals surface area contributed by atoms with Crippen molar-refractivity contribution in [2.24, 2.45) is 0 Å². The van der Waals surface area contributed by atoms with Gasteiger partial charge in [0.2, 0.25) is 5.36 Å². The number of carboxylic acid groups (broad SMARTS) is 1. The molecule has 3 heterocycles. The molecule has 0 atom stereocenters. The van der Waals surface area contributed by atoms with Gasteiger partial charge in [-0.1, -0.05) is 6.08 Å². The predicted molar refractivity (Wildman–Crippen MR) is 191 cm³/mol. The van der Waals surface area contributed by atoms with Gasteiger partial charge in [-0.05, 0) is 67.0 Å².